The third-order valence-electron chi connectivity index (χ3n) is 6.08. The first-order valence-corrected chi connectivity index (χ1v) is 10.8. The van der Waals surface area contributed by atoms with Gasteiger partial charge < -0.3 is 15.1 Å². The maximum atomic E-state index is 4.59. The highest BCUT2D eigenvalue weighted by molar-refractivity contribution is 5.91. The van der Waals surface area contributed by atoms with E-state index in [0.717, 1.165) is 60.5 Å². The second kappa shape index (κ2) is 8.36. The van der Waals surface area contributed by atoms with Crippen molar-refractivity contribution in [1.82, 2.24) is 9.88 Å². The summed E-state index contributed by atoms with van der Waals surface area (Å²) in [5.41, 5.74) is 5.64. The number of allylic oxidation sites excluding steroid dienone is 1. The van der Waals surface area contributed by atoms with E-state index < -0.39 is 0 Å². The Balaban J connectivity index is 1.34. The second-order valence-electron chi connectivity index (χ2n) is 8.27. The molecule has 5 heteroatoms. The molecule has 3 aromatic rings. The van der Waals surface area contributed by atoms with E-state index in [9.17, 15) is 0 Å². The molecule has 0 spiro atoms. The van der Waals surface area contributed by atoms with E-state index in [0.29, 0.717) is 0 Å². The Morgan fingerprint density at radius 3 is 2.68 bits per heavy atom. The van der Waals surface area contributed by atoms with Gasteiger partial charge in [-0.05, 0) is 53.4 Å². The van der Waals surface area contributed by atoms with Gasteiger partial charge in [-0.2, -0.15) is 0 Å². The Labute approximate surface area is 183 Å². The number of likely N-dealkylation sites (N-methyl/N-ethyl adjacent to an activating group) is 1. The molecule has 2 aliphatic rings. The molecule has 0 bridgehead atoms. The van der Waals surface area contributed by atoms with E-state index in [1.807, 2.05) is 18.6 Å². The highest BCUT2D eigenvalue weighted by Crippen LogP contribution is 2.27. The van der Waals surface area contributed by atoms with Crippen molar-refractivity contribution in [2.45, 2.75) is 6.42 Å². The van der Waals surface area contributed by atoms with Gasteiger partial charge in [-0.25, -0.2) is 4.98 Å². The summed E-state index contributed by atoms with van der Waals surface area (Å²) in [7, 11) is 2.18. The van der Waals surface area contributed by atoms with Crippen LogP contribution in [0.2, 0.25) is 0 Å². The lowest BCUT2D eigenvalue weighted by Crippen LogP contribution is -2.44. The Kier molecular flexibility index (Phi) is 5.26. The van der Waals surface area contributed by atoms with E-state index >= 15 is 0 Å². The van der Waals surface area contributed by atoms with Crippen LogP contribution >= 0.6 is 0 Å². The average molecular weight is 410 g/mol. The van der Waals surface area contributed by atoms with Crippen LogP contribution in [0.25, 0.3) is 22.0 Å². The molecule has 0 atom stereocenters. The van der Waals surface area contributed by atoms with Gasteiger partial charge in [-0.3, -0.25) is 4.99 Å². The molecular formula is C26H27N5. The zero-order valence-electron chi connectivity index (χ0n) is 17.9. The molecule has 1 N–H and O–H groups in total. The van der Waals surface area contributed by atoms with E-state index in [-0.39, 0.29) is 0 Å². The molecule has 0 radical (unpaired) electrons. The number of nitrogens with one attached hydrogen (secondary N) is 1. The minimum Gasteiger partial charge on any atom is -0.369 e. The van der Waals surface area contributed by atoms with E-state index in [4.69, 9.17) is 0 Å². The first-order valence-electron chi connectivity index (χ1n) is 10.8. The van der Waals surface area contributed by atoms with Crippen molar-refractivity contribution in [3.63, 3.8) is 0 Å². The largest absolute Gasteiger partial charge is 0.369 e. The Morgan fingerprint density at radius 2 is 1.87 bits per heavy atom. The molecule has 31 heavy (non-hydrogen) atoms. The monoisotopic (exact) mass is 409 g/mol. The number of aliphatic imine (C=N–C) groups is 1. The number of benzene rings is 2. The fraction of sp³-hybridized carbons (Fsp3) is 0.231. The summed E-state index contributed by atoms with van der Waals surface area (Å²) in [5.74, 6) is 0.802. The Morgan fingerprint density at radius 1 is 1.00 bits per heavy atom. The standard InChI is InChI=1S/C26H27N5/c1-19(20-4-3-5-25(15-20)31-12-10-30(2)11-13-31)29-26-16-24-14-21(23-8-9-27-17-23)6-7-22(24)18-28-26/h3-7,9,14-18H,1,8,10-13H2,2H3,(H,28,29). The van der Waals surface area contributed by atoms with Crippen LogP contribution in [0.5, 0.6) is 0 Å². The van der Waals surface area contributed by atoms with Crippen LogP contribution in [-0.4, -0.2) is 49.3 Å². The number of anilines is 2. The average Bonchev–Trinajstić information content (AvgIpc) is 3.34. The molecule has 1 aromatic heterocycles. The number of rotatable bonds is 5. The van der Waals surface area contributed by atoms with E-state index in [2.05, 4.69) is 87.3 Å². The zero-order valence-corrected chi connectivity index (χ0v) is 17.9. The molecule has 2 aromatic carbocycles. The highest BCUT2D eigenvalue weighted by atomic mass is 15.2. The van der Waals surface area contributed by atoms with Gasteiger partial charge in [0.05, 0.1) is 0 Å². The number of fused-ring (bicyclic) bond motifs is 1. The Bertz CT molecular complexity index is 1190. The summed E-state index contributed by atoms with van der Waals surface area (Å²) in [5, 5.41) is 5.68. The lowest BCUT2D eigenvalue weighted by atomic mass is 10.0. The number of nitrogens with zero attached hydrogens (tertiary/aromatic N) is 4. The first kappa shape index (κ1) is 19.5. The van der Waals surface area contributed by atoms with Crippen LogP contribution < -0.4 is 10.2 Å². The van der Waals surface area contributed by atoms with Crippen molar-refractivity contribution in [2.24, 2.45) is 4.99 Å². The van der Waals surface area contributed by atoms with Crippen LogP contribution in [0.1, 0.15) is 17.5 Å². The molecule has 0 saturated carbocycles. The Hall–Kier alpha value is -3.44. The quantitative estimate of drug-likeness (QED) is 0.652. The number of aromatic nitrogens is 1. The summed E-state index contributed by atoms with van der Waals surface area (Å²) < 4.78 is 0. The molecule has 3 heterocycles. The lowest BCUT2D eigenvalue weighted by Gasteiger charge is -2.34. The van der Waals surface area contributed by atoms with Crippen LogP contribution in [0, 0.1) is 0 Å². The third kappa shape index (κ3) is 4.23. The second-order valence-corrected chi connectivity index (χ2v) is 8.27. The maximum absolute atomic E-state index is 4.59. The van der Waals surface area contributed by atoms with Crippen molar-refractivity contribution in [1.29, 1.82) is 0 Å². The number of pyridine rings is 1. The van der Waals surface area contributed by atoms with Crippen molar-refractivity contribution in [3.8, 4) is 0 Å². The minimum atomic E-state index is 0.802. The number of hydrogen-bond acceptors (Lipinski definition) is 5. The topological polar surface area (TPSA) is 43.8 Å². The summed E-state index contributed by atoms with van der Waals surface area (Å²) >= 11 is 0. The molecule has 156 valence electrons. The minimum absolute atomic E-state index is 0.802. The summed E-state index contributed by atoms with van der Waals surface area (Å²) in [6.45, 7) is 8.56. The van der Waals surface area contributed by atoms with Gasteiger partial charge in [0.25, 0.3) is 0 Å². The van der Waals surface area contributed by atoms with Gasteiger partial charge in [0.1, 0.15) is 5.82 Å². The van der Waals surface area contributed by atoms with Gasteiger partial charge in [0.15, 0.2) is 0 Å². The van der Waals surface area contributed by atoms with E-state index in [1.54, 1.807) is 0 Å². The highest BCUT2D eigenvalue weighted by Gasteiger charge is 2.15. The van der Waals surface area contributed by atoms with Crippen molar-refractivity contribution < 1.29 is 0 Å². The smallest absolute Gasteiger partial charge is 0.130 e. The predicted molar refractivity (Wildman–Crippen MR) is 132 cm³/mol. The zero-order chi connectivity index (χ0) is 21.2. The van der Waals surface area contributed by atoms with Crippen molar-refractivity contribution in [2.75, 3.05) is 43.4 Å². The van der Waals surface area contributed by atoms with Gasteiger partial charge in [0.2, 0.25) is 0 Å². The van der Waals surface area contributed by atoms with Crippen LogP contribution in [0.4, 0.5) is 11.5 Å². The molecule has 5 nitrogen and oxygen atoms in total. The lowest BCUT2D eigenvalue weighted by molar-refractivity contribution is 0.313. The molecule has 1 fully saturated rings. The van der Waals surface area contributed by atoms with Crippen LogP contribution in [-0.2, 0) is 0 Å². The third-order valence-corrected chi connectivity index (χ3v) is 6.08. The molecule has 0 amide bonds. The molecule has 0 aliphatic carbocycles. The molecule has 2 aliphatic heterocycles. The summed E-state index contributed by atoms with van der Waals surface area (Å²) in [6.07, 6.45) is 6.69. The normalized spacial score (nSPS) is 16.5. The fourth-order valence-electron chi connectivity index (χ4n) is 4.13. The number of piperazine rings is 1. The number of hydrogen-bond donors (Lipinski definition) is 1. The van der Waals surface area contributed by atoms with E-state index in [1.165, 1.54) is 16.8 Å². The molecular weight excluding hydrogens is 382 g/mol. The van der Waals surface area contributed by atoms with Gasteiger partial charge in [0, 0.05) is 68.0 Å². The molecule has 1 saturated heterocycles. The summed E-state index contributed by atoms with van der Waals surface area (Å²) in [4.78, 5) is 13.6. The molecule has 5 rings (SSSR count). The van der Waals surface area contributed by atoms with Crippen molar-refractivity contribution >= 4 is 39.8 Å². The molecule has 0 unspecified atom stereocenters. The fourth-order valence-corrected chi connectivity index (χ4v) is 4.13. The van der Waals surface area contributed by atoms with Gasteiger partial charge >= 0.3 is 0 Å². The van der Waals surface area contributed by atoms with Gasteiger partial charge in [-0.1, -0.05) is 30.8 Å². The maximum Gasteiger partial charge on any atom is 0.130 e. The SMILES string of the molecule is C=C(Nc1cc2cc(C3=CN=CC3)ccc2cn1)c1cccc(N2CCN(C)CC2)c1. The summed E-state index contributed by atoms with van der Waals surface area (Å²) in [6, 6.07) is 17.2. The van der Waals surface area contributed by atoms with Crippen molar-refractivity contribution in [3.05, 3.63) is 78.6 Å². The van der Waals surface area contributed by atoms with Crippen LogP contribution in [0.3, 0.4) is 0 Å². The predicted octanol–water partition coefficient (Wildman–Crippen LogP) is 4.88. The first-order chi connectivity index (χ1) is 15.2. The van der Waals surface area contributed by atoms with Crippen LogP contribution in [0.15, 0.2) is 72.5 Å². The van der Waals surface area contributed by atoms with Gasteiger partial charge in [-0.15, -0.1) is 0 Å².